The van der Waals surface area contributed by atoms with Gasteiger partial charge in [-0.1, -0.05) is 0 Å². The molecule has 1 aromatic rings. The number of anilines is 1. The van der Waals surface area contributed by atoms with E-state index in [4.69, 9.17) is 5.11 Å². The highest BCUT2D eigenvalue weighted by atomic mass is 16.4. The lowest BCUT2D eigenvalue weighted by Crippen LogP contribution is -2.52. The van der Waals surface area contributed by atoms with Gasteiger partial charge in [0.1, 0.15) is 0 Å². The van der Waals surface area contributed by atoms with Gasteiger partial charge in [0.2, 0.25) is 0 Å². The minimum absolute atomic E-state index is 0.0283. The van der Waals surface area contributed by atoms with E-state index >= 15 is 0 Å². The molecule has 21 heavy (non-hydrogen) atoms. The number of amides is 2. The number of aryl methyl sites for hydroxylation is 1. The summed E-state index contributed by atoms with van der Waals surface area (Å²) in [5.41, 5.74) is 2.09. The van der Waals surface area contributed by atoms with Gasteiger partial charge in [0.05, 0.1) is 5.56 Å². The van der Waals surface area contributed by atoms with E-state index in [1.165, 1.54) is 0 Å². The maximum absolute atomic E-state index is 12.6. The molecule has 0 atom stereocenters. The van der Waals surface area contributed by atoms with Crippen LogP contribution < -0.4 is 10.2 Å². The van der Waals surface area contributed by atoms with Gasteiger partial charge in [-0.2, -0.15) is 0 Å². The van der Waals surface area contributed by atoms with Crippen LogP contribution in [0.3, 0.4) is 0 Å². The number of hydrogen-bond donors (Lipinski definition) is 2. The van der Waals surface area contributed by atoms with Crippen LogP contribution in [0.1, 0.15) is 22.3 Å². The maximum Gasteiger partial charge on any atom is 0.335 e. The van der Waals surface area contributed by atoms with Crippen molar-refractivity contribution in [3.05, 3.63) is 29.3 Å². The first-order valence-electron chi connectivity index (χ1n) is 7.30. The second-order valence-corrected chi connectivity index (χ2v) is 5.42. The highest BCUT2D eigenvalue weighted by molar-refractivity contribution is 5.95. The summed E-state index contributed by atoms with van der Waals surface area (Å²) in [5, 5.41) is 12.3. The molecule has 0 aromatic heterocycles. The number of carbonyl (C=O) groups excluding carboxylic acids is 1. The number of fused-ring (bicyclic) bond motifs is 1. The molecule has 0 unspecified atom stereocenters. The van der Waals surface area contributed by atoms with Crippen LogP contribution in [0.15, 0.2) is 18.2 Å². The van der Waals surface area contributed by atoms with E-state index in [-0.39, 0.29) is 11.6 Å². The lowest BCUT2D eigenvalue weighted by molar-refractivity contribution is 0.0696. The Morgan fingerprint density at radius 3 is 2.62 bits per heavy atom. The normalized spacial score (nSPS) is 18.3. The van der Waals surface area contributed by atoms with Gasteiger partial charge < -0.3 is 15.3 Å². The lowest BCUT2D eigenvalue weighted by Gasteiger charge is -2.36. The molecular formula is C15H19N3O3. The number of carboxylic acid groups (broad SMARTS) is 1. The van der Waals surface area contributed by atoms with E-state index in [1.807, 2.05) is 4.90 Å². The predicted molar refractivity (Wildman–Crippen MR) is 78.9 cm³/mol. The van der Waals surface area contributed by atoms with E-state index in [2.05, 4.69) is 5.32 Å². The maximum atomic E-state index is 12.6. The fraction of sp³-hybridized carbons (Fsp3) is 0.467. The Hall–Kier alpha value is -2.08. The number of urea groups is 1. The molecular weight excluding hydrogens is 270 g/mol. The monoisotopic (exact) mass is 289 g/mol. The zero-order chi connectivity index (χ0) is 14.8. The van der Waals surface area contributed by atoms with Gasteiger partial charge in [0.15, 0.2) is 0 Å². The molecule has 2 N–H and O–H groups in total. The standard InChI is InChI=1S/C15H19N3O3/c19-14(20)12-3-4-13-11(10-12)2-1-7-18(13)15(21)17-8-5-16-6-9-17/h3-4,10,16H,1-2,5-9H2,(H,19,20). The molecule has 1 saturated heterocycles. The molecule has 112 valence electrons. The summed E-state index contributed by atoms with van der Waals surface area (Å²) >= 11 is 0. The minimum Gasteiger partial charge on any atom is -0.478 e. The van der Waals surface area contributed by atoms with Crippen molar-refractivity contribution in [1.82, 2.24) is 10.2 Å². The predicted octanol–water partition coefficient (Wildman–Crippen LogP) is 1.16. The molecule has 0 spiro atoms. The molecule has 3 rings (SSSR count). The molecule has 6 heteroatoms. The fourth-order valence-electron chi connectivity index (χ4n) is 2.96. The number of piperazine rings is 1. The van der Waals surface area contributed by atoms with Crippen molar-refractivity contribution in [1.29, 1.82) is 0 Å². The number of aromatic carboxylic acids is 1. The van der Waals surface area contributed by atoms with Gasteiger partial charge in [-0.3, -0.25) is 4.90 Å². The quantitative estimate of drug-likeness (QED) is 0.814. The number of hydrogen-bond acceptors (Lipinski definition) is 3. The second-order valence-electron chi connectivity index (χ2n) is 5.42. The SMILES string of the molecule is O=C(O)c1ccc2c(c1)CCCN2C(=O)N1CCNCC1. The van der Waals surface area contributed by atoms with Crippen LogP contribution in [0.5, 0.6) is 0 Å². The first-order chi connectivity index (χ1) is 10.2. The highest BCUT2D eigenvalue weighted by Gasteiger charge is 2.27. The van der Waals surface area contributed by atoms with Gasteiger partial charge in [-0.05, 0) is 36.6 Å². The Kier molecular flexibility index (Phi) is 3.79. The molecule has 0 bridgehead atoms. The topological polar surface area (TPSA) is 72.9 Å². The van der Waals surface area contributed by atoms with Crippen molar-refractivity contribution in [3.8, 4) is 0 Å². The number of nitrogens with zero attached hydrogens (tertiary/aromatic N) is 2. The second kappa shape index (κ2) is 5.73. The lowest BCUT2D eigenvalue weighted by atomic mass is 9.99. The zero-order valence-corrected chi connectivity index (χ0v) is 11.8. The molecule has 2 amide bonds. The number of benzene rings is 1. The van der Waals surface area contributed by atoms with Gasteiger partial charge in [0, 0.05) is 38.4 Å². The highest BCUT2D eigenvalue weighted by Crippen LogP contribution is 2.29. The van der Waals surface area contributed by atoms with Crippen LogP contribution in [0, 0.1) is 0 Å². The van der Waals surface area contributed by atoms with Gasteiger partial charge in [-0.15, -0.1) is 0 Å². The van der Waals surface area contributed by atoms with Crippen LogP contribution in [-0.4, -0.2) is 54.7 Å². The van der Waals surface area contributed by atoms with Gasteiger partial charge >= 0.3 is 12.0 Å². The number of carbonyl (C=O) groups is 2. The van der Waals surface area contributed by atoms with Crippen LogP contribution >= 0.6 is 0 Å². The Balaban J connectivity index is 1.86. The van der Waals surface area contributed by atoms with Crippen LogP contribution in [0.4, 0.5) is 10.5 Å². The van der Waals surface area contributed by atoms with Crippen LogP contribution in [0.2, 0.25) is 0 Å². The smallest absolute Gasteiger partial charge is 0.335 e. The largest absolute Gasteiger partial charge is 0.478 e. The summed E-state index contributed by atoms with van der Waals surface area (Å²) in [5.74, 6) is -0.927. The molecule has 2 aliphatic rings. The number of carboxylic acids is 1. The van der Waals surface area contributed by atoms with E-state index in [9.17, 15) is 9.59 Å². The summed E-state index contributed by atoms with van der Waals surface area (Å²) in [6.07, 6.45) is 1.69. The van der Waals surface area contributed by atoms with Crippen LogP contribution in [-0.2, 0) is 6.42 Å². The third kappa shape index (κ3) is 2.71. The molecule has 6 nitrogen and oxygen atoms in total. The van der Waals surface area contributed by atoms with Crippen molar-refractivity contribution in [2.24, 2.45) is 0 Å². The molecule has 0 saturated carbocycles. The molecule has 0 aliphatic carbocycles. The molecule has 1 fully saturated rings. The van der Waals surface area contributed by atoms with Gasteiger partial charge in [0.25, 0.3) is 0 Å². The van der Waals surface area contributed by atoms with Crippen LogP contribution in [0.25, 0.3) is 0 Å². The molecule has 2 heterocycles. The molecule has 0 radical (unpaired) electrons. The summed E-state index contributed by atoms with van der Waals surface area (Å²) in [4.78, 5) is 27.3. The third-order valence-corrected chi connectivity index (χ3v) is 4.06. The summed E-state index contributed by atoms with van der Waals surface area (Å²) in [6.45, 7) is 3.78. The van der Waals surface area contributed by atoms with Crippen molar-refractivity contribution in [2.45, 2.75) is 12.8 Å². The number of rotatable bonds is 1. The average molecular weight is 289 g/mol. The Morgan fingerprint density at radius 2 is 1.90 bits per heavy atom. The Morgan fingerprint density at radius 1 is 1.14 bits per heavy atom. The first kappa shape index (κ1) is 13.9. The fourth-order valence-corrected chi connectivity index (χ4v) is 2.96. The summed E-state index contributed by atoms with van der Waals surface area (Å²) in [6, 6.07) is 5.05. The molecule has 1 aromatic carbocycles. The zero-order valence-electron chi connectivity index (χ0n) is 11.8. The van der Waals surface area contributed by atoms with Gasteiger partial charge in [-0.25, -0.2) is 9.59 Å². The van der Waals surface area contributed by atoms with Crippen molar-refractivity contribution < 1.29 is 14.7 Å². The minimum atomic E-state index is -0.927. The van der Waals surface area contributed by atoms with Crippen molar-refractivity contribution in [3.63, 3.8) is 0 Å². The third-order valence-electron chi connectivity index (χ3n) is 4.06. The van der Waals surface area contributed by atoms with E-state index in [1.54, 1.807) is 23.1 Å². The Bertz CT molecular complexity index is 567. The number of nitrogens with one attached hydrogen (secondary N) is 1. The Labute approximate surface area is 123 Å². The van der Waals surface area contributed by atoms with E-state index in [0.717, 1.165) is 50.3 Å². The molecule has 2 aliphatic heterocycles. The summed E-state index contributed by atoms with van der Waals surface area (Å²) in [7, 11) is 0. The first-order valence-corrected chi connectivity index (χ1v) is 7.30. The average Bonchev–Trinajstić information content (AvgIpc) is 2.54. The van der Waals surface area contributed by atoms with E-state index < -0.39 is 5.97 Å². The van der Waals surface area contributed by atoms with Crippen molar-refractivity contribution >= 4 is 17.7 Å². The van der Waals surface area contributed by atoms with Crippen molar-refractivity contribution in [2.75, 3.05) is 37.6 Å². The summed E-state index contributed by atoms with van der Waals surface area (Å²) < 4.78 is 0. The van der Waals surface area contributed by atoms with E-state index in [0.29, 0.717) is 6.54 Å².